The van der Waals surface area contributed by atoms with Crippen molar-refractivity contribution in [2.24, 2.45) is 23.7 Å². The SMILES string of the molecule is O=C(CNC(=O)Nc1ccccc1)NCCN1C(=O)C2C3C=CC(C3)C2C1=O. The molecule has 4 rings (SSSR count). The highest BCUT2D eigenvalue weighted by atomic mass is 16.2. The average molecular weight is 382 g/mol. The van der Waals surface area contributed by atoms with Crippen LogP contribution in [0.1, 0.15) is 6.42 Å². The zero-order valence-electron chi connectivity index (χ0n) is 15.3. The van der Waals surface area contributed by atoms with Crippen molar-refractivity contribution in [3.8, 4) is 0 Å². The van der Waals surface area contributed by atoms with E-state index in [9.17, 15) is 19.2 Å². The number of fused-ring (bicyclic) bond motifs is 5. The Balaban J connectivity index is 1.18. The number of imide groups is 1. The molecule has 2 aliphatic carbocycles. The van der Waals surface area contributed by atoms with Crippen LogP contribution in [-0.4, -0.2) is 48.3 Å². The van der Waals surface area contributed by atoms with Crippen LogP contribution in [0, 0.1) is 23.7 Å². The molecule has 1 heterocycles. The largest absolute Gasteiger partial charge is 0.353 e. The minimum atomic E-state index is -0.484. The lowest BCUT2D eigenvalue weighted by Crippen LogP contribution is -2.43. The van der Waals surface area contributed by atoms with Gasteiger partial charge in [0, 0.05) is 18.8 Å². The number of nitrogens with zero attached hydrogens (tertiary/aromatic N) is 1. The van der Waals surface area contributed by atoms with E-state index < -0.39 is 6.03 Å². The highest BCUT2D eigenvalue weighted by Crippen LogP contribution is 2.52. The van der Waals surface area contributed by atoms with E-state index in [-0.39, 0.29) is 61.0 Å². The van der Waals surface area contributed by atoms with Gasteiger partial charge in [0.1, 0.15) is 0 Å². The highest BCUT2D eigenvalue weighted by Gasteiger charge is 2.58. The molecule has 3 aliphatic rings. The normalized spacial score (nSPS) is 27.1. The van der Waals surface area contributed by atoms with Gasteiger partial charge in [-0.1, -0.05) is 30.4 Å². The molecule has 1 aromatic carbocycles. The topological polar surface area (TPSA) is 108 Å². The van der Waals surface area contributed by atoms with Crippen LogP contribution in [0.4, 0.5) is 10.5 Å². The molecule has 2 fully saturated rings. The number of urea groups is 1. The molecule has 5 amide bonds. The van der Waals surface area contributed by atoms with Gasteiger partial charge in [-0.05, 0) is 30.4 Å². The first kappa shape index (κ1) is 18.2. The first-order valence-electron chi connectivity index (χ1n) is 9.45. The Bertz CT molecular complexity index is 808. The molecule has 8 nitrogen and oxygen atoms in total. The average Bonchev–Trinajstić information content (AvgIpc) is 3.37. The van der Waals surface area contributed by atoms with E-state index in [0.29, 0.717) is 5.69 Å². The van der Waals surface area contributed by atoms with Crippen LogP contribution in [0.15, 0.2) is 42.5 Å². The fourth-order valence-electron chi connectivity index (χ4n) is 4.41. The summed E-state index contributed by atoms with van der Waals surface area (Å²) in [5.41, 5.74) is 0.625. The monoisotopic (exact) mass is 382 g/mol. The predicted molar refractivity (Wildman–Crippen MR) is 101 cm³/mol. The van der Waals surface area contributed by atoms with Crippen LogP contribution >= 0.6 is 0 Å². The number of hydrogen-bond donors (Lipinski definition) is 3. The standard InChI is InChI=1S/C20H22N4O4/c25-15(11-22-20(28)23-14-4-2-1-3-5-14)21-8-9-24-18(26)16-12-6-7-13(10-12)17(16)19(24)27/h1-7,12-13,16-17H,8-11H2,(H,21,25)(H2,22,23,28). The Hall–Kier alpha value is -3.16. The Kier molecular flexibility index (Phi) is 4.85. The minimum Gasteiger partial charge on any atom is -0.353 e. The van der Waals surface area contributed by atoms with E-state index >= 15 is 0 Å². The number of likely N-dealkylation sites (tertiary alicyclic amines) is 1. The van der Waals surface area contributed by atoms with Gasteiger partial charge in [-0.25, -0.2) is 4.79 Å². The lowest BCUT2D eigenvalue weighted by molar-refractivity contribution is -0.141. The van der Waals surface area contributed by atoms with Crippen LogP contribution in [-0.2, 0) is 14.4 Å². The summed E-state index contributed by atoms with van der Waals surface area (Å²) in [6, 6.07) is 8.40. The molecule has 1 saturated heterocycles. The molecule has 1 aliphatic heterocycles. The Morgan fingerprint density at radius 1 is 0.964 bits per heavy atom. The van der Waals surface area contributed by atoms with Gasteiger partial charge in [-0.2, -0.15) is 0 Å². The second-order valence-corrected chi connectivity index (χ2v) is 7.35. The van der Waals surface area contributed by atoms with E-state index in [0.717, 1.165) is 6.42 Å². The van der Waals surface area contributed by atoms with E-state index in [1.165, 1.54) is 4.90 Å². The van der Waals surface area contributed by atoms with Crippen molar-refractivity contribution in [2.45, 2.75) is 6.42 Å². The van der Waals surface area contributed by atoms with Crippen molar-refractivity contribution >= 4 is 29.4 Å². The first-order chi connectivity index (χ1) is 13.5. The molecule has 28 heavy (non-hydrogen) atoms. The molecular formula is C20H22N4O4. The summed E-state index contributed by atoms with van der Waals surface area (Å²) in [5, 5.41) is 7.70. The fourth-order valence-corrected chi connectivity index (χ4v) is 4.41. The third-order valence-corrected chi connectivity index (χ3v) is 5.66. The summed E-state index contributed by atoms with van der Waals surface area (Å²) < 4.78 is 0. The molecule has 8 heteroatoms. The Morgan fingerprint density at radius 2 is 1.61 bits per heavy atom. The van der Waals surface area contributed by atoms with E-state index in [2.05, 4.69) is 28.1 Å². The molecule has 0 aromatic heterocycles. The van der Waals surface area contributed by atoms with Gasteiger partial charge in [0.15, 0.2) is 0 Å². The molecule has 0 spiro atoms. The van der Waals surface area contributed by atoms with Crippen LogP contribution in [0.5, 0.6) is 0 Å². The maximum atomic E-state index is 12.5. The third kappa shape index (κ3) is 3.37. The smallest absolute Gasteiger partial charge is 0.319 e. The van der Waals surface area contributed by atoms with E-state index in [1.54, 1.807) is 24.3 Å². The predicted octanol–water partition coefficient (Wildman–Crippen LogP) is 0.731. The van der Waals surface area contributed by atoms with Crippen molar-refractivity contribution in [2.75, 3.05) is 25.0 Å². The molecule has 3 N–H and O–H groups in total. The first-order valence-corrected chi connectivity index (χ1v) is 9.45. The highest BCUT2D eigenvalue weighted by molar-refractivity contribution is 6.06. The second-order valence-electron chi connectivity index (χ2n) is 7.35. The number of allylic oxidation sites excluding steroid dienone is 2. The van der Waals surface area contributed by atoms with Crippen molar-refractivity contribution in [1.29, 1.82) is 0 Å². The van der Waals surface area contributed by atoms with Crippen molar-refractivity contribution in [3.63, 3.8) is 0 Å². The maximum absolute atomic E-state index is 12.5. The van der Waals surface area contributed by atoms with E-state index in [1.807, 2.05) is 6.07 Å². The maximum Gasteiger partial charge on any atom is 0.319 e. The van der Waals surface area contributed by atoms with Crippen LogP contribution in [0.2, 0.25) is 0 Å². The third-order valence-electron chi connectivity index (χ3n) is 5.66. The van der Waals surface area contributed by atoms with Gasteiger partial charge in [0.25, 0.3) is 0 Å². The van der Waals surface area contributed by atoms with Gasteiger partial charge in [-0.15, -0.1) is 0 Å². The molecule has 4 unspecified atom stereocenters. The van der Waals surface area contributed by atoms with Crippen molar-refractivity contribution < 1.29 is 19.2 Å². The second kappa shape index (κ2) is 7.46. The summed E-state index contributed by atoms with van der Waals surface area (Å²) >= 11 is 0. The number of nitrogens with one attached hydrogen (secondary N) is 3. The molecule has 4 atom stereocenters. The summed E-state index contributed by atoms with van der Waals surface area (Å²) in [7, 11) is 0. The minimum absolute atomic E-state index is 0.124. The quantitative estimate of drug-likeness (QED) is 0.498. The Morgan fingerprint density at radius 3 is 2.25 bits per heavy atom. The zero-order valence-corrected chi connectivity index (χ0v) is 15.3. The number of anilines is 1. The number of carbonyl (C=O) groups is 4. The van der Waals surface area contributed by atoms with Gasteiger partial charge in [-0.3, -0.25) is 19.3 Å². The van der Waals surface area contributed by atoms with Crippen LogP contribution < -0.4 is 16.0 Å². The number of para-hydroxylation sites is 1. The summed E-state index contributed by atoms with van der Waals surface area (Å²) in [6.07, 6.45) is 5.00. The lowest BCUT2D eigenvalue weighted by Gasteiger charge is -2.17. The lowest BCUT2D eigenvalue weighted by atomic mass is 9.85. The van der Waals surface area contributed by atoms with Gasteiger partial charge >= 0.3 is 6.03 Å². The number of carbonyl (C=O) groups excluding carboxylic acids is 4. The summed E-state index contributed by atoms with van der Waals surface area (Å²) in [4.78, 5) is 50.0. The molecule has 1 aromatic rings. The van der Waals surface area contributed by atoms with Gasteiger partial charge < -0.3 is 16.0 Å². The van der Waals surface area contributed by atoms with Crippen LogP contribution in [0.25, 0.3) is 0 Å². The van der Waals surface area contributed by atoms with Crippen molar-refractivity contribution in [1.82, 2.24) is 15.5 Å². The number of rotatable bonds is 6. The number of hydrogen-bond acceptors (Lipinski definition) is 4. The molecule has 2 bridgehead atoms. The summed E-state index contributed by atoms with van der Waals surface area (Å²) in [6.45, 7) is 0.131. The van der Waals surface area contributed by atoms with Crippen LogP contribution in [0.3, 0.4) is 0 Å². The van der Waals surface area contributed by atoms with Gasteiger partial charge in [0.05, 0.1) is 18.4 Å². The molecule has 146 valence electrons. The fraction of sp³-hybridized carbons (Fsp3) is 0.400. The molecule has 1 saturated carbocycles. The number of benzene rings is 1. The van der Waals surface area contributed by atoms with E-state index in [4.69, 9.17) is 0 Å². The zero-order chi connectivity index (χ0) is 19.7. The Labute approximate surface area is 162 Å². The van der Waals surface area contributed by atoms with Crippen molar-refractivity contribution in [3.05, 3.63) is 42.5 Å². The number of amides is 5. The molecular weight excluding hydrogens is 360 g/mol. The molecule has 0 radical (unpaired) electrons. The summed E-state index contributed by atoms with van der Waals surface area (Å²) in [5.74, 6) is -0.716. The van der Waals surface area contributed by atoms with Gasteiger partial charge in [0.2, 0.25) is 17.7 Å².